The molecular formula is C17H25ClN2O. The Hall–Kier alpha value is -1.06. The van der Waals surface area contributed by atoms with Crippen LogP contribution in [-0.2, 0) is 4.79 Å². The molecule has 1 aliphatic carbocycles. The smallest absolute Gasteiger partial charge is 0.230 e. The van der Waals surface area contributed by atoms with E-state index in [4.69, 9.17) is 5.73 Å². The number of carbonyl (C=O) groups is 1. The molecule has 2 aliphatic rings. The fourth-order valence-corrected chi connectivity index (χ4v) is 3.83. The molecule has 1 saturated heterocycles. The summed E-state index contributed by atoms with van der Waals surface area (Å²) in [4.78, 5) is 14.9. The fraction of sp³-hybridized carbons (Fsp3) is 0.588. The molecule has 0 bridgehead atoms. The van der Waals surface area contributed by atoms with E-state index in [-0.39, 0.29) is 17.8 Å². The number of hydrogen-bond acceptors (Lipinski definition) is 2. The Morgan fingerprint density at radius 2 is 1.90 bits per heavy atom. The van der Waals surface area contributed by atoms with Crippen LogP contribution in [0.2, 0.25) is 0 Å². The second-order valence-corrected chi connectivity index (χ2v) is 6.34. The van der Waals surface area contributed by atoms with E-state index >= 15 is 0 Å². The van der Waals surface area contributed by atoms with Crippen LogP contribution in [0.25, 0.3) is 0 Å². The van der Waals surface area contributed by atoms with Gasteiger partial charge in [0.05, 0.1) is 5.41 Å². The van der Waals surface area contributed by atoms with Crippen molar-refractivity contribution in [1.29, 1.82) is 0 Å². The molecule has 1 unspecified atom stereocenters. The van der Waals surface area contributed by atoms with E-state index < -0.39 is 0 Å². The maximum Gasteiger partial charge on any atom is 0.230 e. The summed E-state index contributed by atoms with van der Waals surface area (Å²) in [6.07, 6.45) is 5.35. The van der Waals surface area contributed by atoms with Crippen LogP contribution in [0.3, 0.4) is 0 Å². The van der Waals surface area contributed by atoms with Gasteiger partial charge in [-0.3, -0.25) is 4.79 Å². The quantitative estimate of drug-likeness (QED) is 0.933. The average molecular weight is 309 g/mol. The minimum atomic E-state index is -0.244. The first-order valence-corrected chi connectivity index (χ1v) is 7.79. The molecule has 2 fully saturated rings. The summed E-state index contributed by atoms with van der Waals surface area (Å²) in [5.74, 6) is 0.812. The number of nitrogens with zero attached hydrogens (tertiary/aromatic N) is 1. The first-order chi connectivity index (χ1) is 9.75. The summed E-state index contributed by atoms with van der Waals surface area (Å²) < 4.78 is 0. The van der Waals surface area contributed by atoms with Crippen LogP contribution in [0.4, 0.5) is 0 Å². The number of halogens is 1. The van der Waals surface area contributed by atoms with Crippen LogP contribution in [0.15, 0.2) is 30.3 Å². The zero-order valence-electron chi connectivity index (χ0n) is 12.5. The Bertz CT molecular complexity index is 471. The number of amides is 1. The Kier molecular flexibility index (Phi) is 5.28. The minimum Gasteiger partial charge on any atom is -0.342 e. The maximum absolute atomic E-state index is 12.8. The number of nitrogens with two attached hydrogens (primary N) is 1. The molecule has 1 aromatic carbocycles. The van der Waals surface area contributed by atoms with Crippen molar-refractivity contribution in [2.24, 2.45) is 11.1 Å². The van der Waals surface area contributed by atoms with Crippen molar-refractivity contribution in [3.05, 3.63) is 35.9 Å². The Balaban J connectivity index is 0.00000161. The largest absolute Gasteiger partial charge is 0.342 e. The van der Waals surface area contributed by atoms with Crippen LogP contribution >= 0.6 is 12.4 Å². The number of carbonyl (C=O) groups excluding carboxylic acids is 1. The summed E-state index contributed by atoms with van der Waals surface area (Å²) in [7, 11) is 0. The predicted molar refractivity (Wildman–Crippen MR) is 87.6 cm³/mol. The third kappa shape index (κ3) is 3.09. The lowest BCUT2D eigenvalue weighted by Gasteiger charge is -2.31. The summed E-state index contributed by atoms with van der Waals surface area (Å²) in [5, 5.41) is 0. The molecule has 0 spiro atoms. The van der Waals surface area contributed by atoms with Crippen LogP contribution < -0.4 is 5.73 Å². The van der Waals surface area contributed by atoms with E-state index in [1.54, 1.807) is 0 Å². The number of benzene rings is 1. The van der Waals surface area contributed by atoms with Crippen molar-refractivity contribution in [2.45, 2.75) is 38.0 Å². The summed E-state index contributed by atoms with van der Waals surface area (Å²) >= 11 is 0. The highest BCUT2D eigenvalue weighted by molar-refractivity contribution is 5.85. The first kappa shape index (κ1) is 16.3. The lowest BCUT2D eigenvalue weighted by molar-refractivity contribution is -0.140. The van der Waals surface area contributed by atoms with E-state index in [1.165, 1.54) is 5.56 Å². The molecule has 1 atom stereocenters. The predicted octanol–water partition coefficient (Wildman–Crippen LogP) is 2.94. The number of hydrogen-bond donors (Lipinski definition) is 1. The van der Waals surface area contributed by atoms with Crippen molar-refractivity contribution >= 4 is 18.3 Å². The summed E-state index contributed by atoms with van der Waals surface area (Å²) in [6, 6.07) is 10.6. The molecule has 21 heavy (non-hydrogen) atoms. The Morgan fingerprint density at radius 3 is 2.52 bits per heavy atom. The van der Waals surface area contributed by atoms with Gasteiger partial charge in [0.25, 0.3) is 0 Å². The molecule has 1 amide bonds. The van der Waals surface area contributed by atoms with E-state index in [1.807, 2.05) is 6.07 Å². The Labute approximate surface area is 133 Å². The van der Waals surface area contributed by atoms with Crippen molar-refractivity contribution in [1.82, 2.24) is 4.90 Å². The van der Waals surface area contributed by atoms with Gasteiger partial charge in [-0.1, -0.05) is 43.2 Å². The molecule has 0 radical (unpaired) electrons. The topological polar surface area (TPSA) is 46.3 Å². The number of rotatable bonds is 3. The van der Waals surface area contributed by atoms with Gasteiger partial charge in [-0.25, -0.2) is 0 Å². The summed E-state index contributed by atoms with van der Waals surface area (Å²) in [5.41, 5.74) is 7.05. The highest BCUT2D eigenvalue weighted by atomic mass is 35.5. The molecule has 3 nitrogen and oxygen atoms in total. The zero-order chi connectivity index (χ0) is 14.0. The molecule has 4 heteroatoms. The van der Waals surface area contributed by atoms with E-state index in [9.17, 15) is 4.79 Å². The summed E-state index contributed by atoms with van der Waals surface area (Å²) in [6.45, 7) is 2.27. The van der Waals surface area contributed by atoms with Gasteiger partial charge >= 0.3 is 0 Å². The van der Waals surface area contributed by atoms with Gasteiger partial charge in [-0.15, -0.1) is 12.4 Å². The second-order valence-electron chi connectivity index (χ2n) is 6.34. The van der Waals surface area contributed by atoms with Crippen LogP contribution in [0.5, 0.6) is 0 Å². The zero-order valence-corrected chi connectivity index (χ0v) is 13.3. The molecule has 1 aromatic rings. The van der Waals surface area contributed by atoms with Gasteiger partial charge in [0.15, 0.2) is 0 Å². The molecule has 2 N–H and O–H groups in total. The lowest BCUT2D eigenvalue weighted by Crippen LogP contribution is -2.45. The highest BCUT2D eigenvalue weighted by Crippen LogP contribution is 2.40. The molecule has 1 saturated carbocycles. The molecule has 0 aromatic heterocycles. The standard InChI is InChI=1S/C17H24N2O.ClH/c18-13-17(9-4-5-10-17)16(20)19-11-8-15(12-19)14-6-2-1-3-7-14;/h1-3,6-7,15H,4-5,8-13,18H2;1H. The van der Waals surface area contributed by atoms with Gasteiger partial charge in [0.2, 0.25) is 5.91 Å². The van der Waals surface area contributed by atoms with Crippen molar-refractivity contribution in [2.75, 3.05) is 19.6 Å². The molecule has 1 aliphatic heterocycles. The van der Waals surface area contributed by atoms with Crippen LogP contribution in [0, 0.1) is 5.41 Å². The van der Waals surface area contributed by atoms with Gasteiger partial charge < -0.3 is 10.6 Å². The third-order valence-electron chi connectivity index (χ3n) is 5.15. The van der Waals surface area contributed by atoms with Crippen LogP contribution in [0.1, 0.15) is 43.6 Å². The molecule has 3 rings (SSSR count). The van der Waals surface area contributed by atoms with Crippen molar-refractivity contribution in [3.8, 4) is 0 Å². The van der Waals surface area contributed by atoms with Gasteiger partial charge in [-0.05, 0) is 24.8 Å². The molecule has 116 valence electrons. The molecular weight excluding hydrogens is 284 g/mol. The lowest BCUT2D eigenvalue weighted by atomic mass is 9.84. The van der Waals surface area contributed by atoms with E-state index in [2.05, 4.69) is 29.2 Å². The van der Waals surface area contributed by atoms with E-state index in [0.29, 0.717) is 18.4 Å². The highest BCUT2D eigenvalue weighted by Gasteiger charge is 2.43. The SMILES string of the molecule is Cl.NCC1(C(=O)N2CCC(c3ccccc3)C2)CCCC1. The van der Waals surface area contributed by atoms with Gasteiger partial charge in [-0.2, -0.15) is 0 Å². The third-order valence-corrected chi connectivity index (χ3v) is 5.15. The van der Waals surface area contributed by atoms with Crippen LogP contribution in [-0.4, -0.2) is 30.4 Å². The fourth-order valence-electron chi connectivity index (χ4n) is 3.83. The van der Waals surface area contributed by atoms with E-state index in [0.717, 1.165) is 45.2 Å². The first-order valence-electron chi connectivity index (χ1n) is 7.79. The van der Waals surface area contributed by atoms with Crippen molar-refractivity contribution < 1.29 is 4.79 Å². The van der Waals surface area contributed by atoms with Gasteiger partial charge in [0, 0.05) is 25.6 Å². The van der Waals surface area contributed by atoms with Gasteiger partial charge in [0.1, 0.15) is 0 Å². The second kappa shape index (κ2) is 6.80. The van der Waals surface area contributed by atoms with Crippen molar-refractivity contribution in [3.63, 3.8) is 0 Å². The minimum absolute atomic E-state index is 0. The monoisotopic (exact) mass is 308 g/mol. The number of likely N-dealkylation sites (tertiary alicyclic amines) is 1. The molecule has 1 heterocycles. The Morgan fingerprint density at radius 1 is 1.24 bits per heavy atom. The maximum atomic E-state index is 12.8. The average Bonchev–Trinajstić information content (AvgIpc) is 3.17. The normalized spacial score (nSPS) is 23.9.